The van der Waals surface area contributed by atoms with Gasteiger partial charge in [0.15, 0.2) is 0 Å². The fourth-order valence-corrected chi connectivity index (χ4v) is 1.98. The van der Waals surface area contributed by atoms with Crippen LogP contribution in [-0.4, -0.2) is 6.04 Å². The minimum Gasteiger partial charge on any atom is -0.327 e. The van der Waals surface area contributed by atoms with Gasteiger partial charge in [0.1, 0.15) is 5.82 Å². The Kier molecular flexibility index (Phi) is 1.70. The zero-order chi connectivity index (χ0) is 9.64. The smallest absolute Gasteiger partial charge is 0.123 e. The van der Waals surface area contributed by atoms with Crippen LogP contribution in [0.4, 0.5) is 4.39 Å². The maximum Gasteiger partial charge on any atom is 0.123 e. The Hall–Kier alpha value is -0.890. The second kappa shape index (κ2) is 2.55. The summed E-state index contributed by atoms with van der Waals surface area (Å²) in [4.78, 5) is 0. The van der Waals surface area contributed by atoms with Gasteiger partial charge in [-0.3, -0.25) is 0 Å². The predicted octanol–water partition coefficient (Wildman–Crippen LogP) is 2.28. The molecule has 13 heavy (non-hydrogen) atoms. The molecule has 0 amide bonds. The van der Waals surface area contributed by atoms with Gasteiger partial charge < -0.3 is 5.73 Å². The first-order valence-corrected chi connectivity index (χ1v) is 4.54. The van der Waals surface area contributed by atoms with Crippen LogP contribution in [0.1, 0.15) is 25.3 Å². The summed E-state index contributed by atoms with van der Waals surface area (Å²) in [5.41, 5.74) is 7.25. The van der Waals surface area contributed by atoms with Gasteiger partial charge in [-0.05, 0) is 23.1 Å². The zero-order valence-electron chi connectivity index (χ0n) is 7.92. The van der Waals surface area contributed by atoms with Crippen molar-refractivity contribution in [3.05, 3.63) is 35.6 Å². The molecule has 2 atom stereocenters. The van der Waals surface area contributed by atoms with Crippen molar-refractivity contribution in [2.75, 3.05) is 0 Å². The molecular weight excluding hydrogens is 165 g/mol. The van der Waals surface area contributed by atoms with Crippen molar-refractivity contribution < 1.29 is 4.39 Å². The lowest BCUT2D eigenvalue weighted by molar-refractivity contribution is 0.597. The Balaban J connectivity index is 2.25. The quantitative estimate of drug-likeness (QED) is 0.703. The molecular formula is C11H14FN. The summed E-state index contributed by atoms with van der Waals surface area (Å²) < 4.78 is 12.6. The molecule has 2 N–H and O–H groups in total. The molecule has 0 saturated heterocycles. The number of hydrogen-bond donors (Lipinski definition) is 1. The van der Waals surface area contributed by atoms with E-state index < -0.39 is 0 Å². The predicted molar refractivity (Wildman–Crippen MR) is 50.9 cm³/mol. The molecule has 0 aromatic heterocycles. The molecule has 0 aliphatic heterocycles. The second-order valence-electron chi connectivity index (χ2n) is 4.38. The monoisotopic (exact) mass is 179 g/mol. The number of benzene rings is 1. The van der Waals surface area contributed by atoms with E-state index in [2.05, 4.69) is 13.8 Å². The highest BCUT2D eigenvalue weighted by atomic mass is 19.1. The van der Waals surface area contributed by atoms with E-state index >= 15 is 0 Å². The Bertz CT molecular complexity index is 315. The van der Waals surface area contributed by atoms with E-state index in [0.717, 1.165) is 5.56 Å². The summed E-state index contributed by atoms with van der Waals surface area (Å²) in [5, 5.41) is 0. The summed E-state index contributed by atoms with van der Waals surface area (Å²) in [7, 11) is 0. The van der Waals surface area contributed by atoms with Gasteiger partial charge in [-0.2, -0.15) is 0 Å². The van der Waals surface area contributed by atoms with Gasteiger partial charge in [0.2, 0.25) is 0 Å². The van der Waals surface area contributed by atoms with Crippen LogP contribution in [0.2, 0.25) is 0 Å². The highest BCUT2D eigenvalue weighted by molar-refractivity contribution is 5.33. The van der Waals surface area contributed by atoms with Gasteiger partial charge in [-0.15, -0.1) is 0 Å². The van der Waals surface area contributed by atoms with Gasteiger partial charge >= 0.3 is 0 Å². The van der Waals surface area contributed by atoms with Crippen molar-refractivity contribution in [2.24, 2.45) is 11.1 Å². The van der Waals surface area contributed by atoms with E-state index in [-0.39, 0.29) is 17.3 Å². The van der Waals surface area contributed by atoms with Gasteiger partial charge in [0, 0.05) is 12.0 Å². The molecule has 1 aromatic rings. The van der Waals surface area contributed by atoms with Gasteiger partial charge in [0.25, 0.3) is 0 Å². The Labute approximate surface area is 77.8 Å². The highest BCUT2D eigenvalue weighted by Crippen LogP contribution is 2.57. The normalized spacial score (nSPS) is 30.2. The van der Waals surface area contributed by atoms with Crippen LogP contribution < -0.4 is 5.73 Å². The lowest BCUT2D eigenvalue weighted by atomic mass is 10.0. The SMILES string of the molecule is CC1(C)[C@H](N)[C@H]1c1ccc(F)cc1. The lowest BCUT2D eigenvalue weighted by Crippen LogP contribution is -2.06. The summed E-state index contributed by atoms with van der Waals surface area (Å²) in [5.74, 6) is 0.212. The van der Waals surface area contributed by atoms with Crippen molar-refractivity contribution in [3.63, 3.8) is 0 Å². The van der Waals surface area contributed by atoms with E-state index in [1.54, 1.807) is 0 Å². The van der Waals surface area contributed by atoms with Crippen LogP contribution in [0.5, 0.6) is 0 Å². The maximum absolute atomic E-state index is 12.6. The molecule has 2 rings (SSSR count). The van der Waals surface area contributed by atoms with Crippen LogP contribution >= 0.6 is 0 Å². The van der Waals surface area contributed by atoms with Crippen LogP contribution in [-0.2, 0) is 0 Å². The standard InChI is InChI=1S/C11H14FN/c1-11(2)9(10(11)13)7-3-5-8(12)6-4-7/h3-6,9-10H,13H2,1-2H3/t9-,10-/m1/s1. The van der Waals surface area contributed by atoms with Crippen LogP contribution in [0, 0.1) is 11.2 Å². The molecule has 1 nitrogen and oxygen atoms in total. The first-order chi connectivity index (χ1) is 6.03. The third-order valence-electron chi connectivity index (χ3n) is 3.14. The fourth-order valence-electron chi connectivity index (χ4n) is 1.98. The zero-order valence-corrected chi connectivity index (χ0v) is 7.92. The summed E-state index contributed by atoms with van der Waals surface area (Å²) in [6.07, 6.45) is 0. The first-order valence-electron chi connectivity index (χ1n) is 4.54. The van der Waals surface area contributed by atoms with Gasteiger partial charge in [-0.25, -0.2) is 4.39 Å². The van der Waals surface area contributed by atoms with Crippen LogP contribution in [0.3, 0.4) is 0 Å². The number of rotatable bonds is 1. The number of hydrogen-bond acceptors (Lipinski definition) is 1. The lowest BCUT2D eigenvalue weighted by Gasteiger charge is -2.01. The molecule has 1 aliphatic rings. The fraction of sp³-hybridized carbons (Fsp3) is 0.455. The van der Waals surface area contributed by atoms with Crippen molar-refractivity contribution in [1.82, 2.24) is 0 Å². The topological polar surface area (TPSA) is 26.0 Å². The maximum atomic E-state index is 12.6. The van der Waals surface area contributed by atoms with E-state index in [1.165, 1.54) is 12.1 Å². The molecule has 0 bridgehead atoms. The van der Waals surface area contributed by atoms with Gasteiger partial charge in [0.05, 0.1) is 0 Å². The molecule has 1 saturated carbocycles. The average Bonchev–Trinajstić information content (AvgIpc) is 2.55. The third kappa shape index (κ3) is 1.25. The van der Waals surface area contributed by atoms with Crippen molar-refractivity contribution in [2.45, 2.75) is 25.8 Å². The van der Waals surface area contributed by atoms with Crippen molar-refractivity contribution >= 4 is 0 Å². The molecule has 0 spiro atoms. The Morgan fingerprint density at radius 1 is 1.23 bits per heavy atom. The average molecular weight is 179 g/mol. The molecule has 1 aromatic carbocycles. The summed E-state index contributed by atoms with van der Waals surface area (Å²) in [6, 6.07) is 6.87. The molecule has 0 unspecified atom stereocenters. The van der Waals surface area contributed by atoms with E-state index in [9.17, 15) is 4.39 Å². The molecule has 1 fully saturated rings. The molecule has 0 heterocycles. The van der Waals surface area contributed by atoms with Crippen LogP contribution in [0.15, 0.2) is 24.3 Å². The number of nitrogens with two attached hydrogens (primary N) is 1. The molecule has 0 radical (unpaired) electrons. The van der Waals surface area contributed by atoms with E-state index in [4.69, 9.17) is 5.73 Å². The number of halogens is 1. The van der Waals surface area contributed by atoms with Crippen molar-refractivity contribution in [3.8, 4) is 0 Å². The van der Waals surface area contributed by atoms with Gasteiger partial charge in [-0.1, -0.05) is 26.0 Å². The summed E-state index contributed by atoms with van der Waals surface area (Å²) >= 11 is 0. The largest absolute Gasteiger partial charge is 0.327 e. The van der Waals surface area contributed by atoms with Crippen molar-refractivity contribution in [1.29, 1.82) is 0 Å². The highest BCUT2D eigenvalue weighted by Gasteiger charge is 2.55. The Morgan fingerprint density at radius 2 is 1.69 bits per heavy atom. The van der Waals surface area contributed by atoms with Crippen LogP contribution in [0.25, 0.3) is 0 Å². The Morgan fingerprint density at radius 3 is 2.08 bits per heavy atom. The third-order valence-corrected chi connectivity index (χ3v) is 3.14. The molecule has 2 heteroatoms. The summed E-state index contributed by atoms with van der Waals surface area (Å²) in [6.45, 7) is 4.29. The molecule has 70 valence electrons. The minimum absolute atomic E-state index is 0.178. The van der Waals surface area contributed by atoms with E-state index in [1.807, 2.05) is 12.1 Å². The second-order valence-corrected chi connectivity index (χ2v) is 4.38. The van der Waals surface area contributed by atoms with E-state index in [0.29, 0.717) is 5.92 Å². The minimum atomic E-state index is -0.184. The first kappa shape index (κ1) is 8.70. The molecule has 1 aliphatic carbocycles.